The minimum Gasteiger partial charge on any atom is -0.370 e. The molecular formula is C14H25N3S. The fourth-order valence-corrected chi connectivity index (χ4v) is 2.26. The lowest BCUT2D eigenvalue weighted by atomic mass is 9.95. The first kappa shape index (κ1) is 15.3. The summed E-state index contributed by atoms with van der Waals surface area (Å²) in [6, 6.07) is 0. The maximum absolute atomic E-state index is 4.71. The van der Waals surface area contributed by atoms with Gasteiger partial charge in [0, 0.05) is 17.5 Å². The molecule has 0 aromatic carbocycles. The molecule has 0 atom stereocenters. The molecule has 102 valence electrons. The fourth-order valence-electron chi connectivity index (χ4n) is 1.52. The van der Waals surface area contributed by atoms with E-state index in [1.165, 1.54) is 5.56 Å². The smallest absolute Gasteiger partial charge is 0.137 e. The van der Waals surface area contributed by atoms with Crippen molar-refractivity contribution in [1.29, 1.82) is 0 Å². The monoisotopic (exact) mass is 267 g/mol. The molecule has 0 amide bonds. The van der Waals surface area contributed by atoms with Gasteiger partial charge < -0.3 is 5.32 Å². The van der Waals surface area contributed by atoms with E-state index in [2.05, 4.69) is 51.8 Å². The molecule has 0 bridgehead atoms. The summed E-state index contributed by atoms with van der Waals surface area (Å²) in [6.07, 6.45) is 1.10. The average Bonchev–Trinajstić information content (AvgIpc) is 2.29. The van der Waals surface area contributed by atoms with E-state index in [1.807, 2.05) is 0 Å². The molecule has 18 heavy (non-hydrogen) atoms. The summed E-state index contributed by atoms with van der Waals surface area (Å²) < 4.78 is 0. The first-order valence-electron chi connectivity index (χ1n) is 6.65. The number of nitrogens with zero attached hydrogens (tertiary/aromatic N) is 2. The Labute approximate surface area is 115 Å². The molecule has 1 rings (SSSR count). The Balaban J connectivity index is 3.18. The van der Waals surface area contributed by atoms with Crippen LogP contribution in [0.5, 0.6) is 0 Å². The van der Waals surface area contributed by atoms with Gasteiger partial charge in [0.1, 0.15) is 16.7 Å². The number of anilines is 1. The number of thioether (sulfide) groups is 1. The highest BCUT2D eigenvalue weighted by molar-refractivity contribution is 7.99. The third kappa shape index (κ3) is 3.87. The first-order chi connectivity index (χ1) is 8.40. The largest absolute Gasteiger partial charge is 0.370 e. The Morgan fingerprint density at radius 1 is 1.17 bits per heavy atom. The van der Waals surface area contributed by atoms with Crippen molar-refractivity contribution in [1.82, 2.24) is 9.97 Å². The predicted octanol–water partition coefficient (Wildman–Crippen LogP) is 4.02. The van der Waals surface area contributed by atoms with Crippen molar-refractivity contribution in [3.8, 4) is 0 Å². The van der Waals surface area contributed by atoms with Crippen LogP contribution in [0, 0.1) is 6.92 Å². The Kier molecular flexibility index (Phi) is 5.45. The van der Waals surface area contributed by atoms with E-state index in [9.17, 15) is 0 Å². The third-order valence-electron chi connectivity index (χ3n) is 2.60. The highest BCUT2D eigenvalue weighted by Crippen LogP contribution is 2.28. The van der Waals surface area contributed by atoms with Crippen molar-refractivity contribution in [2.24, 2.45) is 0 Å². The molecular weight excluding hydrogens is 242 g/mol. The van der Waals surface area contributed by atoms with Crippen LogP contribution in [0.3, 0.4) is 0 Å². The lowest BCUT2D eigenvalue weighted by molar-refractivity contribution is 0.538. The molecule has 0 unspecified atom stereocenters. The summed E-state index contributed by atoms with van der Waals surface area (Å²) in [4.78, 5) is 9.40. The number of nitrogens with one attached hydrogen (secondary N) is 1. The zero-order valence-corrected chi connectivity index (χ0v) is 13.2. The Morgan fingerprint density at radius 2 is 1.83 bits per heavy atom. The number of hydrogen-bond acceptors (Lipinski definition) is 4. The molecule has 1 aromatic heterocycles. The summed E-state index contributed by atoms with van der Waals surface area (Å²) in [5.41, 5.74) is 1.16. The van der Waals surface area contributed by atoms with E-state index in [-0.39, 0.29) is 5.41 Å². The minimum atomic E-state index is -0.0145. The van der Waals surface area contributed by atoms with Gasteiger partial charge in [0.15, 0.2) is 0 Å². The van der Waals surface area contributed by atoms with Crippen LogP contribution in [-0.4, -0.2) is 22.3 Å². The van der Waals surface area contributed by atoms with Gasteiger partial charge in [-0.2, -0.15) is 0 Å². The van der Waals surface area contributed by atoms with E-state index in [4.69, 9.17) is 4.98 Å². The van der Waals surface area contributed by atoms with Crippen LogP contribution in [0.1, 0.15) is 52.4 Å². The molecule has 0 spiro atoms. The molecule has 1 N–H and O–H groups in total. The second-order valence-electron chi connectivity index (χ2n) is 5.44. The van der Waals surface area contributed by atoms with Crippen LogP contribution in [0.25, 0.3) is 0 Å². The van der Waals surface area contributed by atoms with Gasteiger partial charge in [0.25, 0.3) is 0 Å². The summed E-state index contributed by atoms with van der Waals surface area (Å²) >= 11 is 1.79. The highest BCUT2D eigenvalue weighted by Gasteiger charge is 2.21. The summed E-state index contributed by atoms with van der Waals surface area (Å²) in [5.74, 6) is 2.95. The lowest BCUT2D eigenvalue weighted by Gasteiger charge is -2.20. The van der Waals surface area contributed by atoms with Gasteiger partial charge >= 0.3 is 0 Å². The summed E-state index contributed by atoms with van der Waals surface area (Å²) in [5, 5.41) is 4.52. The number of aromatic nitrogens is 2. The molecule has 1 heterocycles. The SMILES string of the molecule is CCCNc1nc(C(C)(C)C)nc(SCC)c1C. The van der Waals surface area contributed by atoms with Crippen LogP contribution in [-0.2, 0) is 5.41 Å². The maximum Gasteiger partial charge on any atom is 0.137 e. The molecule has 0 aliphatic heterocycles. The standard InChI is InChI=1S/C14H25N3S/c1-7-9-15-11-10(3)12(18-8-2)17-13(16-11)14(4,5)6/h7-9H2,1-6H3,(H,15,16,17). The van der Waals surface area contributed by atoms with Gasteiger partial charge in [-0.05, 0) is 19.1 Å². The van der Waals surface area contributed by atoms with Crippen LogP contribution in [0.2, 0.25) is 0 Å². The minimum absolute atomic E-state index is 0.0145. The van der Waals surface area contributed by atoms with Gasteiger partial charge in [0.05, 0.1) is 0 Å². The van der Waals surface area contributed by atoms with E-state index < -0.39 is 0 Å². The average molecular weight is 267 g/mol. The van der Waals surface area contributed by atoms with Crippen LogP contribution < -0.4 is 5.32 Å². The van der Waals surface area contributed by atoms with Crippen molar-refractivity contribution in [3.05, 3.63) is 11.4 Å². The predicted molar refractivity (Wildman–Crippen MR) is 80.6 cm³/mol. The molecule has 4 heteroatoms. The van der Waals surface area contributed by atoms with Gasteiger partial charge in [-0.3, -0.25) is 0 Å². The third-order valence-corrected chi connectivity index (χ3v) is 3.56. The Hall–Kier alpha value is -0.770. The molecule has 0 saturated carbocycles. The molecule has 0 saturated heterocycles. The summed E-state index contributed by atoms with van der Waals surface area (Å²) in [6.45, 7) is 13.8. The lowest BCUT2D eigenvalue weighted by Crippen LogP contribution is -2.19. The molecule has 0 radical (unpaired) electrons. The van der Waals surface area contributed by atoms with Crippen LogP contribution in [0.15, 0.2) is 5.03 Å². The molecule has 0 fully saturated rings. The Morgan fingerprint density at radius 3 is 2.33 bits per heavy atom. The van der Waals surface area contributed by atoms with Crippen LogP contribution in [0.4, 0.5) is 5.82 Å². The first-order valence-corrected chi connectivity index (χ1v) is 7.64. The second-order valence-corrected chi connectivity index (χ2v) is 6.69. The fraction of sp³-hybridized carbons (Fsp3) is 0.714. The van der Waals surface area contributed by atoms with E-state index in [0.717, 1.165) is 35.4 Å². The van der Waals surface area contributed by atoms with E-state index in [1.54, 1.807) is 11.8 Å². The van der Waals surface area contributed by atoms with Crippen molar-refractivity contribution in [2.45, 2.75) is 58.4 Å². The Bertz CT molecular complexity index is 397. The zero-order valence-electron chi connectivity index (χ0n) is 12.4. The van der Waals surface area contributed by atoms with E-state index >= 15 is 0 Å². The molecule has 3 nitrogen and oxygen atoms in total. The van der Waals surface area contributed by atoms with Crippen molar-refractivity contribution in [2.75, 3.05) is 17.6 Å². The van der Waals surface area contributed by atoms with Crippen molar-refractivity contribution in [3.63, 3.8) is 0 Å². The second kappa shape index (κ2) is 6.41. The van der Waals surface area contributed by atoms with Crippen molar-refractivity contribution >= 4 is 17.6 Å². The zero-order chi connectivity index (χ0) is 13.8. The van der Waals surface area contributed by atoms with E-state index in [0.29, 0.717) is 0 Å². The maximum atomic E-state index is 4.71. The van der Waals surface area contributed by atoms with Gasteiger partial charge in [-0.1, -0.05) is 34.6 Å². The quantitative estimate of drug-likeness (QED) is 0.646. The topological polar surface area (TPSA) is 37.8 Å². The number of hydrogen-bond donors (Lipinski definition) is 1. The molecule has 0 aliphatic carbocycles. The summed E-state index contributed by atoms with van der Waals surface area (Å²) in [7, 11) is 0. The van der Waals surface area contributed by atoms with Crippen molar-refractivity contribution < 1.29 is 0 Å². The van der Waals surface area contributed by atoms with Gasteiger partial charge in [-0.15, -0.1) is 11.8 Å². The highest BCUT2D eigenvalue weighted by atomic mass is 32.2. The van der Waals surface area contributed by atoms with Gasteiger partial charge in [0.2, 0.25) is 0 Å². The molecule has 0 aliphatic rings. The number of rotatable bonds is 5. The normalized spacial score (nSPS) is 11.7. The molecule has 1 aromatic rings. The van der Waals surface area contributed by atoms with Gasteiger partial charge in [-0.25, -0.2) is 9.97 Å². The van der Waals surface area contributed by atoms with Crippen LogP contribution >= 0.6 is 11.8 Å².